The van der Waals surface area contributed by atoms with E-state index >= 15 is 0 Å². The van der Waals surface area contributed by atoms with Gasteiger partial charge in [-0.1, -0.05) is 19.1 Å². The zero-order chi connectivity index (χ0) is 27.4. The van der Waals surface area contributed by atoms with Gasteiger partial charge in [-0.3, -0.25) is 14.5 Å². The fraction of sp³-hybridized carbons (Fsp3) is 0.233. The molecule has 8 nitrogen and oxygen atoms in total. The molecule has 0 bridgehead atoms. The maximum Gasteiger partial charge on any atom is 0.338 e. The average Bonchev–Trinajstić information content (AvgIpc) is 3.18. The third kappa shape index (κ3) is 5.11. The molecule has 1 aliphatic heterocycles. The van der Waals surface area contributed by atoms with Crippen molar-refractivity contribution in [3.63, 3.8) is 0 Å². The Balaban J connectivity index is 1.83. The van der Waals surface area contributed by atoms with Gasteiger partial charge < -0.3 is 19.7 Å². The van der Waals surface area contributed by atoms with E-state index in [2.05, 4.69) is 0 Å². The highest BCUT2D eigenvalue weighted by Gasteiger charge is 2.47. The van der Waals surface area contributed by atoms with Gasteiger partial charge in [0.25, 0.3) is 11.7 Å². The number of carbonyl (C=O) groups is 3. The van der Waals surface area contributed by atoms with Crippen molar-refractivity contribution in [2.24, 2.45) is 0 Å². The van der Waals surface area contributed by atoms with E-state index in [1.165, 1.54) is 41.3 Å². The number of hydrogen-bond acceptors (Lipinski definition) is 7. The van der Waals surface area contributed by atoms with Gasteiger partial charge in [0, 0.05) is 11.3 Å². The third-order valence-electron chi connectivity index (χ3n) is 6.20. The number of phenolic OH excluding ortho intramolecular Hbond substituents is 1. The van der Waals surface area contributed by atoms with Gasteiger partial charge in [-0.15, -0.1) is 0 Å². The van der Waals surface area contributed by atoms with Gasteiger partial charge in [-0.2, -0.15) is 0 Å². The predicted octanol–water partition coefficient (Wildman–Crippen LogP) is 5.29. The highest BCUT2D eigenvalue weighted by molar-refractivity contribution is 6.51. The van der Waals surface area contributed by atoms with Gasteiger partial charge >= 0.3 is 5.97 Å². The second kappa shape index (κ2) is 11.2. The second-order valence-corrected chi connectivity index (χ2v) is 8.86. The van der Waals surface area contributed by atoms with E-state index in [-0.39, 0.29) is 23.7 Å². The number of phenols is 1. The molecular formula is C30H29NO7. The first kappa shape index (κ1) is 26.5. The number of esters is 1. The quantitative estimate of drug-likeness (QED) is 0.181. The Morgan fingerprint density at radius 2 is 1.68 bits per heavy atom. The van der Waals surface area contributed by atoms with Crippen LogP contribution < -0.4 is 9.64 Å². The van der Waals surface area contributed by atoms with Crippen molar-refractivity contribution in [3.05, 3.63) is 94.6 Å². The van der Waals surface area contributed by atoms with Crippen LogP contribution >= 0.6 is 0 Å². The lowest BCUT2D eigenvalue weighted by molar-refractivity contribution is -0.132. The number of nitrogens with zero attached hydrogens (tertiary/aromatic N) is 1. The molecule has 196 valence electrons. The minimum Gasteiger partial charge on any atom is -0.508 e. The van der Waals surface area contributed by atoms with Crippen molar-refractivity contribution >= 4 is 29.1 Å². The average molecular weight is 516 g/mol. The van der Waals surface area contributed by atoms with E-state index in [1.54, 1.807) is 37.3 Å². The maximum absolute atomic E-state index is 13.4. The second-order valence-electron chi connectivity index (χ2n) is 8.86. The van der Waals surface area contributed by atoms with E-state index in [0.29, 0.717) is 34.7 Å². The lowest BCUT2D eigenvalue weighted by Gasteiger charge is -2.25. The van der Waals surface area contributed by atoms with Crippen LogP contribution in [0.1, 0.15) is 53.4 Å². The summed E-state index contributed by atoms with van der Waals surface area (Å²) in [5.74, 6) is -1.95. The number of aryl methyl sites for hydroxylation is 1. The summed E-state index contributed by atoms with van der Waals surface area (Å²) < 4.78 is 10.7. The van der Waals surface area contributed by atoms with Crippen LogP contribution in [0.4, 0.5) is 5.69 Å². The van der Waals surface area contributed by atoms with E-state index in [0.717, 1.165) is 12.0 Å². The molecule has 1 amide bonds. The Kier molecular flexibility index (Phi) is 7.81. The Labute approximate surface area is 220 Å². The number of rotatable bonds is 8. The molecule has 1 saturated heterocycles. The largest absolute Gasteiger partial charge is 0.508 e. The molecule has 0 saturated carbocycles. The molecule has 3 aromatic rings. The van der Waals surface area contributed by atoms with Gasteiger partial charge in [0.05, 0.1) is 30.4 Å². The molecule has 38 heavy (non-hydrogen) atoms. The third-order valence-corrected chi connectivity index (χ3v) is 6.20. The van der Waals surface area contributed by atoms with Crippen molar-refractivity contribution in [1.82, 2.24) is 0 Å². The lowest BCUT2D eigenvalue weighted by atomic mass is 9.94. The highest BCUT2D eigenvalue weighted by atomic mass is 16.5. The minimum absolute atomic E-state index is 0.0565. The molecule has 1 aliphatic rings. The van der Waals surface area contributed by atoms with Crippen LogP contribution in [0.5, 0.6) is 11.5 Å². The number of aliphatic hydroxyl groups excluding tert-OH is 1. The van der Waals surface area contributed by atoms with Gasteiger partial charge in [0.1, 0.15) is 17.3 Å². The standard InChI is InChI=1S/C30H29NO7/c1-4-15-38-24-14-11-21(16-18(24)3)27(33)25-26(20-7-6-8-23(32)17-20)31(29(35)28(25)34)22-12-9-19(10-13-22)30(36)37-5-2/h6-14,16-17,26,32-33H,4-5,15H2,1-3H3/b27-25-. The van der Waals surface area contributed by atoms with Gasteiger partial charge in [0.2, 0.25) is 0 Å². The van der Waals surface area contributed by atoms with Crippen molar-refractivity contribution in [3.8, 4) is 11.5 Å². The molecule has 1 fully saturated rings. The number of aromatic hydroxyl groups is 1. The molecule has 0 aromatic heterocycles. The maximum atomic E-state index is 13.4. The summed E-state index contributed by atoms with van der Waals surface area (Å²) in [5.41, 5.74) is 2.07. The monoisotopic (exact) mass is 515 g/mol. The molecule has 4 rings (SSSR count). The first-order chi connectivity index (χ1) is 18.3. The summed E-state index contributed by atoms with van der Waals surface area (Å²) in [6.45, 7) is 6.30. The van der Waals surface area contributed by atoms with Crippen molar-refractivity contribution in [2.45, 2.75) is 33.2 Å². The molecule has 1 atom stereocenters. The summed E-state index contributed by atoms with van der Waals surface area (Å²) in [4.78, 5) is 40.0. The zero-order valence-corrected chi connectivity index (χ0v) is 21.4. The molecule has 8 heteroatoms. The fourth-order valence-corrected chi connectivity index (χ4v) is 4.41. The number of benzene rings is 3. The lowest BCUT2D eigenvalue weighted by Crippen LogP contribution is -2.29. The smallest absolute Gasteiger partial charge is 0.338 e. The number of Topliss-reactive ketones (excluding diaryl/α,β-unsaturated/α-hetero) is 1. The Morgan fingerprint density at radius 3 is 2.32 bits per heavy atom. The van der Waals surface area contributed by atoms with E-state index < -0.39 is 23.7 Å². The van der Waals surface area contributed by atoms with Crippen LogP contribution in [0.15, 0.2) is 72.3 Å². The number of hydrogen-bond donors (Lipinski definition) is 2. The van der Waals surface area contributed by atoms with Gasteiger partial charge in [-0.05, 0) is 86.0 Å². The fourth-order valence-electron chi connectivity index (χ4n) is 4.41. The molecular weight excluding hydrogens is 486 g/mol. The number of ketones is 1. The molecule has 0 radical (unpaired) electrons. The van der Waals surface area contributed by atoms with Crippen molar-refractivity contribution in [1.29, 1.82) is 0 Å². The topological polar surface area (TPSA) is 113 Å². The van der Waals surface area contributed by atoms with E-state index in [1.807, 2.05) is 13.8 Å². The first-order valence-electron chi connectivity index (χ1n) is 12.4. The number of carbonyl (C=O) groups excluding carboxylic acids is 3. The Bertz CT molecular complexity index is 1410. The Morgan fingerprint density at radius 1 is 0.974 bits per heavy atom. The molecule has 1 unspecified atom stereocenters. The molecule has 2 N–H and O–H groups in total. The Hall–Kier alpha value is -4.59. The molecule has 3 aromatic carbocycles. The minimum atomic E-state index is -1.02. The molecule has 0 spiro atoms. The predicted molar refractivity (Wildman–Crippen MR) is 142 cm³/mol. The van der Waals surface area contributed by atoms with Crippen LogP contribution in [-0.4, -0.2) is 41.1 Å². The number of anilines is 1. The summed E-state index contributed by atoms with van der Waals surface area (Å²) in [5, 5.41) is 21.5. The highest BCUT2D eigenvalue weighted by Crippen LogP contribution is 2.43. The summed E-state index contributed by atoms with van der Waals surface area (Å²) in [6, 6.07) is 16.3. The summed E-state index contributed by atoms with van der Waals surface area (Å²) in [6.07, 6.45) is 0.843. The van der Waals surface area contributed by atoms with Crippen LogP contribution in [0.25, 0.3) is 5.76 Å². The van der Waals surface area contributed by atoms with Gasteiger partial charge in [0.15, 0.2) is 0 Å². The normalized spacial score (nSPS) is 16.5. The first-order valence-corrected chi connectivity index (χ1v) is 12.4. The van der Waals surface area contributed by atoms with Crippen molar-refractivity contribution in [2.75, 3.05) is 18.1 Å². The van der Waals surface area contributed by atoms with Crippen LogP contribution in [0.2, 0.25) is 0 Å². The summed E-state index contributed by atoms with van der Waals surface area (Å²) >= 11 is 0. The molecule has 0 aliphatic carbocycles. The zero-order valence-electron chi connectivity index (χ0n) is 21.4. The molecule has 1 heterocycles. The summed E-state index contributed by atoms with van der Waals surface area (Å²) in [7, 11) is 0. The van der Waals surface area contributed by atoms with Crippen LogP contribution in [-0.2, 0) is 14.3 Å². The number of aliphatic hydroxyl groups is 1. The van der Waals surface area contributed by atoms with Crippen LogP contribution in [0, 0.1) is 6.92 Å². The van der Waals surface area contributed by atoms with Crippen molar-refractivity contribution < 1.29 is 34.1 Å². The van der Waals surface area contributed by atoms with E-state index in [9.17, 15) is 24.6 Å². The number of ether oxygens (including phenoxy) is 2. The number of amides is 1. The van der Waals surface area contributed by atoms with Crippen LogP contribution in [0.3, 0.4) is 0 Å². The van der Waals surface area contributed by atoms with E-state index in [4.69, 9.17) is 9.47 Å². The SMILES string of the molecule is CCCOc1ccc(/C(O)=C2/C(=O)C(=O)N(c3ccc(C(=O)OCC)cc3)C2c2cccc(O)c2)cc1C. The van der Waals surface area contributed by atoms with Gasteiger partial charge in [-0.25, -0.2) is 4.79 Å².